The highest BCUT2D eigenvalue weighted by molar-refractivity contribution is 8.74. The van der Waals surface area contributed by atoms with Gasteiger partial charge in [0.15, 0.2) is 0 Å². The van der Waals surface area contributed by atoms with Crippen molar-refractivity contribution in [2.75, 3.05) is 6.61 Å². The molecular formula is C15H25NO4S2. The molecule has 1 rings (SSSR count). The average molecular weight is 348 g/mol. The first-order valence-corrected chi connectivity index (χ1v) is 9.88. The lowest BCUT2D eigenvalue weighted by Crippen LogP contribution is -1.97. The van der Waals surface area contributed by atoms with Gasteiger partial charge in [-0.2, -0.15) is 0 Å². The molecule has 0 aliphatic heterocycles. The molecule has 0 radical (unpaired) electrons. The lowest BCUT2D eigenvalue weighted by atomic mass is 10.1. The van der Waals surface area contributed by atoms with E-state index in [0.29, 0.717) is 6.61 Å². The smallest absolute Gasteiger partial charge is 0.112 e. The van der Waals surface area contributed by atoms with Gasteiger partial charge in [-0.25, -0.2) is 9.87 Å². The topological polar surface area (TPSA) is 49.8 Å². The van der Waals surface area contributed by atoms with Gasteiger partial charge in [0.2, 0.25) is 0 Å². The average Bonchev–Trinajstić information content (AvgIpc) is 2.56. The van der Waals surface area contributed by atoms with Gasteiger partial charge in [-0.1, -0.05) is 57.9 Å². The van der Waals surface area contributed by atoms with Crippen molar-refractivity contribution in [1.29, 1.82) is 0 Å². The molecule has 22 heavy (non-hydrogen) atoms. The highest BCUT2D eigenvalue weighted by Gasteiger charge is 1.98. The quantitative estimate of drug-likeness (QED) is 0.133. The summed E-state index contributed by atoms with van der Waals surface area (Å²) in [6, 6.07) is 5.63. The minimum atomic E-state index is 0.510. The summed E-state index contributed by atoms with van der Waals surface area (Å²) in [6.07, 6.45) is 11.7. The number of hydrogen-bond acceptors (Lipinski definition) is 7. The standard InChI is InChI=1S/C15H25NO4S2/c1-2-3-4-5-6-7-8-11-14-17-18-19-20-22-21-15-12-9-10-13-16-15/h9-10,12-13H,2-8,11,14H2,1H3. The molecule has 0 amide bonds. The molecule has 0 unspecified atom stereocenters. The summed E-state index contributed by atoms with van der Waals surface area (Å²) < 4.78 is 4.71. The molecule has 5 nitrogen and oxygen atoms in total. The Labute approximate surface area is 140 Å². The summed E-state index contributed by atoms with van der Waals surface area (Å²) in [5, 5.41) is 9.70. The molecule has 0 aliphatic rings. The van der Waals surface area contributed by atoms with E-state index in [9.17, 15) is 0 Å². The zero-order chi connectivity index (χ0) is 15.7. The van der Waals surface area contributed by atoms with Crippen LogP contribution in [0.3, 0.4) is 0 Å². The van der Waals surface area contributed by atoms with Crippen molar-refractivity contribution in [3.8, 4) is 0 Å². The Kier molecular flexibility index (Phi) is 14.0. The van der Waals surface area contributed by atoms with Crippen molar-refractivity contribution < 1.29 is 19.3 Å². The minimum Gasteiger partial charge on any atom is -0.249 e. The molecular weight excluding hydrogens is 322 g/mol. The summed E-state index contributed by atoms with van der Waals surface area (Å²) in [5.41, 5.74) is 0. The zero-order valence-corrected chi connectivity index (χ0v) is 14.7. The van der Waals surface area contributed by atoms with Gasteiger partial charge in [-0.3, -0.25) is 0 Å². The highest BCUT2D eigenvalue weighted by atomic mass is 33.1. The van der Waals surface area contributed by atoms with Crippen LogP contribution in [0.1, 0.15) is 58.3 Å². The fourth-order valence-electron chi connectivity index (χ4n) is 1.82. The summed E-state index contributed by atoms with van der Waals surface area (Å²) in [6.45, 7) is 2.75. The Bertz CT molecular complexity index is 344. The second-order valence-electron chi connectivity index (χ2n) is 4.82. The Morgan fingerprint density at radius 3 is 2.45 bits per heavy atom. The fraction of sp³-hybridized carbons (Fsp3) is 0.667. The number of nitrogens with zero attached hydrogens (tertiary/aromatic N) is 1. The monoisotopic (exact) mass is 347 g/mol. The third kappa shape index (κ3) is 12.3. The van der Waals surface area contributed by atoms with Crippen molar-refractivity contribution >= 4 is 21.9 Å². The van der Waals surface area contributed by atoms with Gasteiger partial charge in [0.05, 0.1) is 6.61 Å². The number of rotatable bonds is 15. The molecule has 0 saturated carbocycles. The van der Waals surface area contributed by atoms with Crippen molar-refractivity contribution in [2.24, 2.45) is 0 Å². The molecule has 0 N–H and O–H groups in total. The second kappa shape index (κ2) is 15.6. The van der Waals surface area contributed by atoms with Crippen LogP contribution in [-0.4, -0.2) is 11.6 Å². The first-order chi connectivity index (χ1) is 10.9. The molecule has 0 aromatic carbocycles. The normalized spacial score (nSPS) is 11.0. The first-order valence-electron chi connectivity index (χ1n) is 7.80. The number of pyridine rings is 1. The van der Waals surface area contributed by atoms with Gasteiger partial charge in [-0.15, -0.1) is 4.33 Å². The van der Waals surface area contributed by atoms with E-state index in [1.54, 1.807) is 6.20 Å². The molecule has 0 fully saturated rings. The van der Waals surface area contributed by atoms with Crippen molar-refractivity contribution in [1.82, 2.24) is 4.98 Å². The van der Waals surface area contributed by atoms with Crippen molar-refractivity contribution in [3.63, 3.8) is 0 Å². The molecule has 0 saturated heterocycles. The number of unbranched alkanes of at least 4 members (excludes halogenated alkanes) is 7. The van der Waals surface area contributed by atoms with E-state index < -0.39 is 0 Å². The molecule has 7 heteroatoms. The predicted octanol–water partition coefficient (Wildman–Crippen LogP) is 5.69. The Hall–Kier alpha value is -0.310. The largest absolute Gasteiger partial charge is 0.249 e. The van der Waals surface area contributed by atoms with E-state index in [4.69, 9.17) is 9.22 Å². The molecule has 1 aromatic rings. The van der Waals surface area contributed by atoms with Crippen LogP contribution >= 0.6 is 21.9 Å². The summed E-state index contributed by atoms with van der Waals surface area (Å²) in [4.78, 5) is 8.96. The number of hydrogen-bond donors (Lipinski definition) is 0. The van der Waals surface area contributed by atoms with E-state index in [0.717, 1.165) is 28.9 Å². The minimum absolute atomic E-state index is 0.510. The maximum absolute atomic E-state index is 4.85. The van der Waals surface area contributed by atoms with Gasteiger partial charge in [0.25, 0.3) is 0 Å². The van der Waals surface area contributed by atoms with Crippen LogP contribution in [0.4, 0.5) is 0 Å². The molecule has 0 atom stereocenters. The highest BCUT2D eigenvalue weighted by Crippen LogP contribution is 2.29. The zero-order valence-electron chi connectivity index (χ0n) is 13.1. The van der Waals surface area contributed by atoms with Crippen molar-refractivity contribution in [3.05, 3.63) is 24.4 Å². The fourth-order valence-corrected chi connectivity index (χ4v) is 2.85. The van der Waals surface area contributed by atoms with E-state index in [-0.39, 0.29) is 0 Å². The van der Waals surface area contributed by atoms with Crippen LogP contribution in [0, 0.1) is 0 Å². The predicted molar refractivity (Wildman–Crippen MR) is 89.5 cm³/mol. The lowest BCUT2D eigenvalue weighted by Gasteiger charge is -2.02. The molecule has 126 valence electrons. The van der Waals surface area contributed by atoms with Crippen LogP contribution in [0.2, 0.25) is 0 Å². The van der Waals surface area contributed by atoms with E-state index in [1.807, 2.05) is 18.2 Å². The third-order valence-corrected chi connectivity index (χ3v) is 4.44. The maximum Gasteiger partial charge on any atom is 0.112 e. The molecule has 0 bridgehead atoms. The van der Waals surface area contributed by atoms with Gasteiger partial charge >= 0.3 is 0 Å². The van der Waals surface area contributed by atoms with Crippen molar-refractivity contribution in [2.45, 2.75) is 63.3 Å². The number of aromatic nitrogens is 1. The van der Waals surface area contributed by atoms with E-state index in [2.05, 4.69) is 22.0 Å². The molecule has 0 aliphatic carbocycles. The maximum atomic E-state index is 4.85. The SMILES string of the molecule is CCCCCCCCCCOOOOSSc1ccccn1. The van der Waals surface area contributed by atoms with E-state index >= 15 is 0 Å². The van der Waals surface area contributed by atoms with Crippen LogP contribution in [0.25, 0.3) is 0 Å². The van der Waals surface area contributed by atoms with Crippen LogP contribution < -0.4 is 0 Å². The third-order valence-electron chi connectivity index (χ3n) is 2.97. The van der Waals surface area contributed by atoms with Gasteiger partial charge < -0.3 is 0 Å². The summed E-state index contributed by atoms with van der Waals surface area (Å²) in [7, 11) is 1.33. The van der Waals surface area contributed by atoms with Crippen LogP contribution in [-0.2, 0) is 19.3 Å². The second-order valence-corrected chi connectivity index (χ2v) is 6.59. The summed E-state index contributed by atoms with van der Waals surface area (Å²) in [5.74, 6) is 0. The van der Waals surface area contributed by atoms with Crippen LogP contribution in [0.15, 0.2) is 29.4 Å². The lowest BCUT2D eigenvalue weighted by molar-refractivity contribution is -0.604. The first kappa shape index (κ1) is 19.7. The van der Waals surface area contributed by atoms with Gasteiger partial charge in [0, 0.05) is 6.20 Å². The Morgan fingerprint density at radius 1 is 0.955 bits per heavy atom. The Balaban J connectivity index is 1.73. The Morgan fingerprint density at radius 2 is 1.73 bits per heavy atom. The molecule has 0 spiro atoms. The molecule has 1 heterocycles. The summed E-state index contributed by atoms with van der Waals surface area (Å²) >= 11 is 1.01. The van der Waals surface area contributed by atoms with Gasteiger partial charge in [-0.05, 0) is 39.4 Å². The molecule has 1 aromatic heterocycles. The van der Waals surface area contributed by atoms with E-state index in [1.165, 1.54) is 49.3 Å². The van der Waals surface area contributed by atoms with Crippen LogP contribution in [0.5, 0.6) is 0 Å². The van der Waals surface area contributed by atoms with Gasteiger partial charge in [0.1, 0.15) is 16.1 Å².